The molecule has 0 saturated heterocycles. The van der Waals surface area contributed by atoms with Crippen molar-refractivity contribution in [3.8, 4) is 0 Å². The first-order valence-electron chi connectivity index (χ1n) is 9.73. The summed E-state index contributed by atoms with van der Waals surface area (Å²) in [5.41, 5.74) is 0.744. The van der Waals surface area contributed by atoms with Gasteiger partial charge in [0.1, 0.15) is 6.33 Å². The van der Waals surface area contributed by atoms with Gasteiger partial charge in [-0.05, 0) is 26.2 Å². The molecular weight excluding hydrogens is 340 g/mol. The SMILES string of the molecule is CC.CCOC(=O)/C=C/C(C)(C)CN=C(/N=C(/C)C(C)CC)n1ccnc1. The highest BCUT2D eigenvalue weighted by Crippen LogP contribution is 2.18. The quantitative estimate of drug-likeness (QED) is 0.298. The average molecular weight is 377 g/mol. The lowest BCUT2D eigenvalue weighted by Crippen LogP contribution is -2.18. The Kier molecular flexibility index (Phi) is 11.9. The Morgan fingerprint density at radius 1 is 1.33 bits per heavy atom. The minimum Gasteiger partial charge on any atom is -0.463 e. The van der Waals surface area contributed by atoms with E-state index in [1.54, 1.807) is 24.0 Å². The summed E-state index contributed by atoms with van der Waals surface area (Å²) in [6.45, 7) is 17.0. The number of ether oxygens (including phenoxy) is 1. The van der Waals surface area contributed by atoms with Crippen molar-refractivity contribution < 1.29 is 9.53 Å². The van der Waals surface area contributed by atoms with E-state index in [0.29, 0.717) is 25.0 Å². The van der Waals surface area contributed by atoms with Gasteiger partial charge >= 0.3 is 5.97 Å². The van der Waals surface area contributed by atoms with Gasteiger partial charge in [-0.25, -0.2) is 19.8 Å². The minimum atomic E-state index is -0.333. The van der Waals surface area contributed by atoms with E-state index >= 15 is 0 Å². The lowest BCUT2D eigenvalue weighted by Gasteiger charge is -2.18. The largest absolute Gasteiger partial charge is 0.463 e. The standard InChI is InChI=1S/C19H30N4O2.C2H6/c1-7-15(3)16(4)22-18(23-12-11-20-14-23)21-13-19(5,6)10-9-17(24)25-8-2;1-2/h9-12,14-15H,7-8,13H2,1-6H3;1-2H3/b10-9+,21-18?,22-16-;. The van der Waals surface area contributed by atoms with Crippen LogP contribution in [0.5, 0.6) is 0 Å². The van der Waals surface area contributed by atoms with Crippen molar-refractivity contribution in [3.63, 3.8) is 0 Å². The second kappa shape index (κ2) is 13.0. The van der Waals surface area contributed by atoms with Gasteiger partial charge in [0.15, 0.2) is 0 Å². The van der Waals surface area contributed by atoms with E-state index in [2.05, 4.69) is 23.8 Å². The molecule has 0 saturated carbocycles. The maximum absolute atomic E-state index is 11.5. The highest BCUT2D eigenvalue weighted by molar-refractivity contribution is 5.97. The normalized spacial score (nSPS) is 13.9. The molecule has 1 rings (SSSR count). The molecule has 0 aliphatic rings. The summed E-state index contributed by atoms with van der Waals surface area (Å²) >= 11 is 0. The highest BCUT2D eigenvalue weighted by Gasteiger charge is 2.15. The average Bonchev–Trinajstić information content (AvgIpc) is 3.19. The van der Waals surface area contributed by atoms with Gasteiger partial charge < -0.3 is 4.74 Å². The monoisotopic (exact) mass is 376 g/mol. The summed E-state index contributed by atoms with van der Waals surface area (Å²) in [5.74, 6) is 0.665. The molecular formula is C21H36N4O2. The fourth-order valence-electron chi connectivity index (χ4n) is 1.93. The van der Waals surface area contributed by atoms with Crippen LogP contribution in [-0.2, 0) is 9.53 Å². The van der Waals surface area contributed by atoms with E-state index in [1.807, 2.05) is 46.9 Å². The van der Waals surface area contributed by atoms with E-state index in [1.165, 1.54) is 6.08 Å². The summed E-state index contributed by atoms with van der Waals surface area (Å²) in [5, 5.41) is 0. The van der Waals surface area contributed by atoms with E-state index < -0.39 is 0 Å². The topological polar surface area (TPSA) is 68.8 Å². The van der Waals surface area contributed by atoms with E-state index in [4.69, 9.17) is 9.73 Å². The Hall–Kier alpha value is -2.24. The second-order valence-corrected chi connectivity index (χ2v) is 6.72. The zero-order valence-electron chi connectivity index (χ0n) is 18.2. The van der Waals surface area contributed by atoms with Gasteiger partial charge in [-0.1, -0.05) is 47.6 Å². The zero-order valence-corrected chi connectivity index (χ0v) is 18.2. The predicted octanol–water partition coefficient (Wildman–Crippen LogP) is 4.77. The van der Waals surface area contributed by atoms with Crippen LogP contribution < -0.4 is 0 Å². The first kappa shape index (κ1) is 24.8. The van der Waals surface area contributed by atoms with Crippen LogP contribution in [0, 0.1) is 11.3 Å². The number of imidazole rings is 1. The van der Waals surface area contributed by atoms with Crippen molar-refractivity contribution in [3.05, 3.63) is 30.9 Å². The van der Waals surface area contributed by atoms with Gasteiger partial charge in [0.25, 0.3) is 0 Å². The first-order chi connectivity index (χ1) is 12.8. The number of carbonyl (C=O) groups excluding carboxylic acids is 1. The Morgan fingerprint density at radius 2 is 2.00 bits per heavy atom. The number of hydrogen-bond donors (Lipinski definition) is 0. The second-order valence-electron chi connectivity index (χ2n) is 6.72. The molecule has 1 unspecified atom stereocenters. The van der Waals surface area contributed by atoms with Crippen molar-refractivity contribution in [2.75, 3.05) is 13.2 Å². The van der Waals surface area contributed by atoms with Crippen LogP contribution in [0.3, 0.4) is 0 Å². The third-order valence-corrected chi connectivity index (χ3v) is 3.92. The van der Waals surface area contributed by atoms with Crippen molar-refractivity contribution in [1.29, 1.82) is 0 Å². The molecule has 0 aliphatic carbocycles. The third kappa shape index (κ3) is 9.87. The Bertz CT molecular complexity index is 629. The highest BCUT2D eigenvalue weighted by atomic mass is 16.5. The van der Waals surface area contributed by atoms with Crippen molar-refractivity contribution in [2.24, 2.45) is 21.3 Å². The Balaban J connectivity index is 0.00000326. The molecule has 1 heterocycles. The summed E-state index contributed by atoms with van der Waals surface area (Å²) < 4.78 is 6.72. The maximum Gasteiger partial charge on any atom is 0.330 e. The van der Waals surface area contributed by atoms with Crippen molar-refractivity contribution in [1.82, 2.24) is 9.55 Å². The molecule has 0 fully saturated rings. The zero-order chi connectivity index (χ0) is 20.9. The summed E-state index contributed by atoms with van der Waals surface area (Å²) in [7, 11) is 0. The van der Waals surface area contributed by atoms with Gasteiger partial charge in [-0.2, -0.15) is 0 Å². The third-order valence-electron chi connectivity index (χ3n) is 3.92. The first-order valence-corrected chi connectivity index (χ1v) is 9.73. The molecule has 0 amide bonds. The Labute approximate surface area is 164 Å². The maximum atomic E-state index is 11.5. The molecule has 1 aromatic heterocycles. The van der Waals surface area contributed by atoms with Crippen LogP contribution in [0.15, 0.2) is 40.9 Å². The van der Waals surface area contributed by atoms with Crippen molar-refractivity contribution >= 4 is 17.6 Å². The molecule has 1 atom stereocenters. The molecule has 152 valence electrons. The summed E-state index contributed by atoms with van der Waals surface area (Å²) in [4.78, 5) is 24.9. The molecule has 6 heteroatoms. The molecule has 0 radical (unpaired) electrons. The molecule has 0 aromatic carbocycles. The number of aliphatic imine (C=N–C) groups is 2. The van der Waals surface area contributed by atoms with Crippen LogP contribution in [-0.4, -0.2) is 40.3 Å². The summed E-state index contributed by atoms with van der Waals surface area (Å²) in [6, 6.07) is 0. The number of hydrogen-bond acceptors (Lipinski definition) is 4. The minimum absolute atomic E-state index is 0.293. The smallest absolute Gasteiger partial charge is 0.330 e. The van der Waals surface area contributed by atoms with Gasteiger partial charge in [-0.15, -0.1) is 0 Å². The number of nitrogens with zero attached hydrogens (tertiary/aromatic N) is 4. The van der Waals surface area contributed by atoms with E-state index in [9.17, 15) is 4.79 Å². The number of carbonyl (C=O) groups is 1. The van der Waals surface area contributed by atoms with E-state index in [0.717, 1.165) is 12.1 Å². The van der Waals surface area contributed by atoms with E-state index in [-0.39, 0.29) is 11.4 Å². The van der Waals surface area contributed by atoms with Gasteiger partial charge in [-0.3, -0.25) is 4.57 Å². The molecule has 27 heavy (non-hydrogen) atoms. The number of rotatable bonds is 7. The fraction of sp³-hybridized carbons (Fsp3) is 0.619. The molecule has 6 nitrogen and oxygen atoms in total. The molecule has 0 bridgehead atoms. The van der Waals surface area contributed by atoms with Crippen LogP contribution in [0.2, 0.25) is 0 Å². The van der Waals surface area contributed by atoms with Crippen molar-refractivity contribution in [2.45, 2.75) is 61.8 Å². The van der Waals surface area contributed by atoms with Crippen LogP contribution in [0.4, 0.5) is 0 Å². The molecule has 0 aliphatic heterocycles. The molecule has 0 spiro atoms. The van der Waals surface area contributed by atoms with Crippen LogP contribution >= 0.6 is 0 Å². The number of aromatic nitrogens is 2. The lowest BCUT2D eigenvalue weighted by molar-refractivity contribution is -0.137. The Morgan fingerprint density at radius 3 is 2.52 bits per heavy atom. The van der Waals surface area contributed by atoms with Gasteiger partial charge in [0.05, 0.1) is 13.2 Å². The lowest BCUT2D eigenvalue weighted by atomic mass is 9.93. The molecule has 0 N–H and O–H groups in total. The summed E-state index contributed by atoms with van der Waals surface area (Å²) in [6.07, 6.45) is 9.53. The van der Waals surface area contributed by atoms with Crippen LogP contribution in [0.25, 0.3) is 0 Å². The van der Waals surface area contributed by atoms with Gasteiger partial charge in [0.2, 0.25) is 5.96 Å². The fourth-order valence-corrected chi connectivity index (χ4v) is 1.93. The number of esters is 1. The van der Waals surface area contributed by atoms with Crippen LogP contribution in [0.1, 0.15) is 61.8 Å². The van der Waals surface area contributed by atoms with Gasteiger partial charge in [0, 0.05) is 29.6 Å². The predicted molar refractivity (Wildman–Crippen MR) is 113 cm³/mol. The molecule has 1 aromatic rings.